The first-order valence-corrected chi connectivity index (χ1v) is 6.14. The number of ether oxygens (including phenoxy) is 2. The molecule has 4 heteroatoms. The molecular formula is C14H24ClNO2. The number of hydrogen-bond donors (Lipinski definition) is 1. The smallest absolute Gasteiger partial charge is 0.163 e. The number of nitrogen functional groups attached to an aromatic ring is 1. The lowest BCUT2D eigenvalue weighted by molar-refractivity contribution is 0.229. The molecule has 0 unspecified atom stereocenters. The average Bonchev–Trinajstić information content (AvgIpc) is 2.24. The van der Waals surface area contributed by atoms with E-state index in [2.05, 4.69) is 27.7 Å². The Morgan fingerprint density at radius 3 is 1.94 bits per heavy atom. The number of anilines is 1. The Morgan fingerprint density at radius 1 is 0.944 bits per heavy atom. The molecule has 0 aromatic heterocycles. The van der Waals surface area contributed by atoms with Gasteiger partial charge in [-0.2, -0.15) is 0 Å². The Balaban J connectivity index is 0.00000289. The molecule has 0 saturated heterocycles. The second kappa shape index (κ2) is 8.09. The molecule has 2 N–H and O–H groups in total. The Bertz CT molecular complexity index is 354. The minimum atomic E-state index is 0. The maximum atomic E-state index is 5.75. The highest BCUT2D eigenvalue weighted by Crippen LogP contribution is 2.30. The minimum absolute atomic E-state index is 0. The van der Waals surface area contributed by atoms with Crippen LogP contribution in [0.4, 0.5) is 5.69 Å². The Morgan fingerprint density at radius 2 is 1.44 bits per heavy atom. The van der Waals surface area contributed by atoms with Gasteiger partial charge in [0.05, 0.1) is 13.2 Å². The molecule has 0 heterocycles. The third-order valence-electron chi connectivity index (χ3n) is 2.11. The van der Waals surface area contributed by atoms with Crippen LogP contribution in [-0.4, -0.2) is 13.2 Å². The standard InChI is InChI=1S/C14H23NO2.ClH/c1-10(2)8-16-13-6-5-12(15)7-14(13)17-9-11(3)4;/h5-7,10-11H,8-9,15H2,1-4H3;1H. The van der Waals surface area contributed by atoms with Crippen molar-refractivity contribution in [2.75, 3.05) is 18.9 Å². The van der Waals surface area contributed by atoms with Crippen LogP contribution >= 0.6 is 12.4 Å². The van der Waals surface area contributed by atoms with Crippen molar-refractivity contribution < 1.29 is 9.47 Å². The van der Waals surface area contributed by atoms with Crippen molar-refractivity contribution in [3.05, 3.63) is 18.2 Å². The van der Waals surface area contributed by atoms with E-state index in [1.54, 1.807) is 0 Å². The van der Waals surface area contributed by atoms with E-state index in [0.29, 0.717) is 30.7 Å². The van der Waals surface area contributed by atoms with E-state index in [1.165, 1.54) is 0 Å². The molecule has 1 rings (SSSR count). The van der Waals surface area contributed by atoms with Gasteiger partial charge in [-0.25, -0.2) is 0 Å². The van der Waals surface area contributed by atoms with Gasteiger partial charge < -0.3 is 15.2 Å². The van der Waals surface area contributed by atoms with Crippen LogP contribution in [0.2, 0.25) is 0 Å². The van der Waals surface area contributed by atoms with Crippen LogP contribution in [-0.2, 0) is 0 Å². The third kappa shape index (κ3) is 6.01. The molecule has 0 aliphatic heterocycles. The van der Waals surface area contributed by atoms with Gasteiger partial charge in [-0.05, 0) is 24.0 Å². The minimum Gasteiger partial charge on any atom is -0.489 e. The summed E-state index contributed by atoms with van der Waals surface area (Å²) in [4.78, 5) is 0. The molecule has 0 atom stereocenters. The van der Waals surface area contributed by atoms with Crippen LogP contribution in [0.5, 0.6) is 11.5 Å². The zero-order chi connectivity index (χ0) is 12.8. The molecule has 0 fully saturated rings. The van der Waals surface area contributed by atoms with Crippen LogP contribution < -0.4 is 15.2 Å². The fourth-order valence-electron chi connectivity index (χ4n) is 1.27. The van der Waals surface area contributed by atoms with Gasteiger partial charge in [0.25, 0.3) is 0 Å². The molecule has 0 aliphatic carbocycles. The van der Waals surface area contributed by atoms with Crippen molar-refractivity contribution in [3.63, 3.8) is 0 Å². The topological polar surface area (TPSA) is 44.5 Å². The number of benzene rings is 1. The van der Waals surface area contributed by atoms with Crippen LogP contribution in [0, 0.1) is 11.8 Å². The summed E-state index contributed by atoms with van der Waals surface area (Å²) in [5.41, 5.74) is 6.45. The van der Waals surface area contributed by atoms with Gasteiger partial charge in [0, 0.05) is 11.8 Å². The predicted octanol–water partition coefficient (Wildman–Crippen LogP) is 3.76. The molecule has 0 spiro atoms. The van der Waals surface area contributed by atoms with Crippen molar-refractivity contribution in [1.29, 1.82) is 0 Å². The Kier molecular flexibility index (Phi) is 7.60. The average molecular weight is 274 g/mol. The molecule has 0 saturated carbocycles. The summed E-state index contributed by atoms with van der Waals surface area (Å²) in [5.74, 6) is 2.48. The molecule has 0 bridgehead atoms. The number of halogens is 1. The van der Waals surface area contributed by atoms with Crippen molar-refractivity contribution in [3.8, 4) is 11.5 Å². The maximum Gasteiger partial charge on any atom is 0.163 e. The number of hydrogen-bond acceptors (Lipinski definition) is 3. The normalized spacial score (nSPS) is 10.3. The number of nitrogens with two attached hydrogens (primary N) is 1. The van der Waals surface area contributed by atoms with Gasteiger partial charge in [-0.1, -0.05) is 27.7 Å². The van der Waals surface area contributed by atoms with Gasteiger partial charge in [-0.3, -0.25) is 0 Å². The zero-order valence-electron chi connectivity index (χ0n) is 11.6. The van der Waals surface area contributed by atoms with Crippen molar-refractivity contribution in [1.82, 2.24) is 0 Å². The highest BCUT2D eigenvalue weighted by molar-refractivity contribution is 5.85. The van der Waals surface area contributed by atoms with Gasteiger partial charge >= 0.3 is 0 Å². The molecule has 0 aliphatic rings. The molecule has 104 valence electrons. The summed E-state index contributed by atoms with van der Waals surface area (Å²) in [7, 11) is 0. The Hall–Kier alpha value is -1.09. The third-order valence-corrected chi connectivity index (χ3v) is 2.11. The van der Waals surface area contributed by atoms with E-state index in [9.17, 15) is 0 Å². The highest BCUT2D eigenvalue weighted by atomic mass is 35.5. The first-order valence-electron chi connectivity index (χ1n) is 6.14. The first-order chi connectivity index (χ1) is 7.99. The van der Waals surface area contributed by atoms with Gasteiger partial charge in [0.1, 0.15) is 0 Å². The van der Waals surface area contributed by atoms with Crippen LogP contribution in [0.3, 0.4) is 0 Å². The lowest BCUT2D eigenvalue weighted by Crippen LogP contribution is -2.09. The van der Waals surface area contributed by atoms with Crippen LogP contribution in [0.1, 0.15) is 27.7 Å². The van der Waals surface area contributed by atoms with Crippen molar-refractivity contribution >= 4 is 18.1 Å². The highest BCUT2D eigenvalue weighted by Gasteiger charge is 2.07. The van der Waals surface area contributed by atoms with E-state index < -0.39 is 0 Å². The van der Waals surface area contributed by atoms with Gasteiger partial charge in [0.15, 0.2) is 11.5 Å². The van der Waals surface area contributed by atoms with Gasteiger partial charge in [0.2, 0.25) is 0 Å². The van der Waals surface area contributed by atoms with E-state index in [-0.39, 0.29) is 12.4 Å². The largest absolute Gasteiger partial charge is 0.489 e. The fourth-order valence-corrected chi connectivity index (χ4v) is 1.27. The molecule has 3 nitrogen and oxygen atoms in total. The maximum absolute atomic E-state index is 5.75. The van der Waals surface area contributed by atoms with E-state index in [4.69, 9.17) is 15.2 Å². The van der Waals surface area contributed by atoms with E-state index in [0.717, 1.165) is 11.5 Å². The molecule has 1 aromatic rings. The lowest BCUT2D eigenvalue weighted by Gasteiger charge is -2.15. The second-order valence-corrected chi connectivity index (χ2v) is 5.12. The number of rotatable bonds is 6. The molecule has 18 heavy (non-hydrogen) atoms. The molecule has 0 radical (unpaired) electrons. The summed E-state index contributed by atoms with van der Waals surface area (Å²) in [6, 6.07) is 5.52. The summed E-state index contributed by atoms with van der Waals surface area (Å²) in [6.45, 7) is 9.81. The monoisotopic (exact) mass is 273 g/mol. The summed E-state index contributed by atoms with van der Waals surface area (Å²) in [5, 5.41) is 0. The van der Waals surface area contributed by atoms with Crippen LogP contribution in [0.15, 0.2) is 18.2 Å². The fraction of sp³-hybridized carbons (Fsp3) is 0.571. The lowest BCUT2D eigenvalue weighted by atomic mass is 10.2. The summed E-state index contributed by atoms with van der Waals surface area (Å²) >= 11 is 0. The summed E-state index contributed by atoms with van der Waals surface area (Å²) in [6.07, 6.45) is 0. The molecule has 1 aromatic carbocycles. The SMILES string of the molecule is CC(C)COc1ccc(N)cc1OCC(C)C.Cl. The van der Waals surface area contributed by atoms with Crippen molar-refractivity contribution in [2.24, 2.45) is 11.8 Å². The molecular weight excluding hydrogens is 250 g/mol. The predicted molar refractivity (Wildman–Crippen MR) is 78.8 cm³/mol. The van der Waals surface area contributed by atoms with E-state index >= 15 is 0 Å². The van der Waals surface area contributed by atoms with E-state index in [1.807, 2.05) is 18.2 Å². The van der Waals surface area contributed by atoms with Crippen molar-refractivity contribution in [2.45, 2.75) is 27.7 Å². The first kappa shape index (κ1) is 16.9. The Labute approximate surface area is 116 Å². The quantitative estimate of drug-likeness (QED) is 0.803. The van der Waals surface area contributed by atoms with Crippen LogP contribution in [0.25, 0.3) is 0 Å². The zero-order valence-corrected chi connectivity index (χ0v) is 12.4. The molecule has 0 amide bonds. The second-order valence-electron chi connectivity index (χ2n) is 5.12. The summed E-state index contributed by atoms with van der Waals surface area (Å²) < 4.78 is 11.4. The van der Waals surface area contributed by atoms with Gasteiger partial charge in [-0.15, -0.1) is 12.4 Å².